The quantitative estimate of drug-likeness (QED) is 0.843. The van der Waals surface area contributed by atoms with E-state index in [9.17, 15) is 14.7 Å². The number of carbonyl (C=O) groups is 2. The number of aliphatic carboxylic acids is 2. The van der Waals surface area contributed by atoms with Gasteiger partial charge in [-0.05, 0) is 30.0 Å². The van der Waals surface area contributed by atoms with E-state index >= 15 is 0 Å². The largest absolute Gasteiger partial charge is 0.481 e. The summed E-state index contributed by atoms with van der Waals surface area (Å²) in [7, 11) is 0. The zero-order chi connectivity index (χ0) is 16.2. The third kappa shape index (κ3) is 4.77. The van der Waals surface area contributed by atoms with Crippen molar-refractivity contribution >= 4 is 17.6 Å². The van der Waals surface area contributed by atoms with Crippen LogP contribution in [-0.4, -0.2) is 34.7 Å². The summed E-state index contributed by atoms with van der Waals surface area (Å²) in [6, 6.07) is 6.84. The van der Waals surface area contributed by atoms with Gasteiger partial charge in [0.25, 0.3) is 0 Å². The number of rotatable bonds is 6. The van der Waals surface area contributed by atoms with Crippen LogP contribution in [0.1, 0.15) is 39.7 Å². The van der Waals surface area contributed by atoms with E-state index < -0.39 is 18.0 Å². The van der Waals surface area contributed by atoms with E-state index in [1.807, 2.05) is 24.3 Å². The van der Waals surface area contributed by atoms with E-state index in [1.165, 1.54) is 0 Å². The molecule has 1 unspecified atom stereocenters. The van der Waals surface area contributed by atoms with Gasteiger partial charge in [-0.1, -0.05) is 32.9 Å². The summed E-state index contributed by atoms with van der Waals surface area (Å²) in [6.07, 6.45) is -0.0986. The van der Waals surface area contributed by atoms with Gasteiger partial charge in [0.05, 0.1) is 6.42 Å². The van der Waals surface area contributed by atoms with Gasteiger partial charge >= 0.3 is 11.9 Å². The molecule has 0 saturated heterocycles. The van der Waals surface area contributed by atoms with Crippen molar-refractivity contribution in [3.05, 3.63) is 29.8 Å². The minimum atomic E-state index is -0.972. The van der Waals surface area contributed by atoms with Crippen LogP contribution >= 0.6 is 0 Å². The molecule has 0 saturated carbocycles. The molecule has 21 heavy (non-hydrogen) atoms. The van der Waals surface area contributed by atoms with E-state index in [0.29, 0.717) is 0 Å². The molecule has 0 aliphatic heterocycles. The number of carboxylic acids is 2. The van der Waals surface area contributed by atoms with Crippen molar-refractivity contribution in [2.45, 2.75) is 45.6 Å². The summed E-state index contributed by atoms with van der Waals surface area (Å²) >= 11 is 0. The van der Waals surface area contributed by atoms with Gasteiger partial charge < -0.3 is 15.1 Å². The Labute approximate surface area is 125 Å². The number of anilines is 1. The molecule has 1 rings (SSSR count). The fourth-order valence-corrected chi connectivity index (χ4v) is 2.05. The second kappa shape index (κ2) is 6.61. The number of hydrogen-bond donors (Lipinski definition) is 2. The standard InChI is InChI=1S/C16H23NO4/c1-11(15(20)21)17(10-9-14(18)19)13-7-5-12(6-8-13)16(2,3)4/h5-8,11H,9-10H2,1-4H3,(H,18,19)(H,20,21). The molecule has 0 radical (unpaired) electrons. The monoisotopic (exact) mass is 293 g/mol. The number of hydrogen-bond acceptors (Lipinski definition) is 3. The lowest BCUT2D eigenvalue weighted by Crippen LogP contribution is -2.40. The first kappa shape index (κ1) is 17.0. The average Bonchev–Trinajstić information content (AvgIpc) is 2.37. The van der Waals surface area contributed by atoms with E-state index in [0.717, 1.165) is 11.3 Å². The van der Waals surface area contributed by atoms with Crippen molar-refractivity contribution in [3.8, 4) is 0 Å². The van der Waals surface area contributed by atoms with Crippen LogP contribution in [0.5, 0.6) is 0 Å². The summed E-state index contributed by atoms with van der Waals surface area (Å²) in [6.45, 7) is 8.03. The summed E-state index contributed by atoms with van der Waals surface area (Å²) in [5.41, 5.74) is 1.88. The first-order valence-electron chi connectivity index (χ1n) is 6.94. The van der Waals surface area contributed by atoms with Gasteiger partial charge in [-0.25, -0.2) is 4.79 Å². The Balaban J connectivity index is 3.02. The second-order valence-electron chi connectivity index (χ2n) is 6.15. The molecule has 5 nitrogen and oxygen atoms in total. The lowest BCUT2D eigenvalue weighted by atomic mass is 9.87. The third-order valence-corrected chi connectivity index (χ3v) is 3.46. The number of benzene rings is 1. The molecule has 1 aromatic rings. The van der Waals surface area contributed by atoms with Gasteiger partial charge in [-0.2, -0.15) is 0 Å². The van der Waals surface area contributed by atoms with Crippen LogP contribution in [0.25, 0.3) is 0 Å². The molecule has 0 aromatic heterocycles. The van der Waals surface area contributed by atoms with E-state index in [4.69, 9.17) is 5.11 Å². The Hall–Kier alpha value is -2.04. The zero-order valence-electron chi connectivity index (χ0n) is 13.0. The Morgan fingerprint density at radius 3 is 2.05 bits per heavy atom. The molecule has 0 aliphatic carbocycles. The highest BCUT2D eigenvalue weighted by molar-refractivity contribution is 5.78. The highest BCUT2D eigenvalue weighted by Gasteiger charge is 2.22. The molecule has 1 atom stereocenters. The normalized spacial score (nSPS) is 12.8. The van der Waals surface area contributed by atoms with Crippen LogP contribution in [0.4, 0.5) is 5.69 Å². The van der Waals surface area contributed by atoms with Gasteiger partial charge in [0, 0.05) is 12.2 Å². The van der Waals surface area contributed by atoms with Crippen LogP contribution in [0.3, 0.4) is 0 Å². The third-order valence-electron chi connectivity index (χ3n) is 3.46. The van der Waals surface area contributed by atoms with Crippen LogP contribution < -0.4 is 4.90 Å². The van der Waals surface area contributed by atoms with Crippen LogP contribution in [0, 0.1) is 0 Å². The predicted octanol–water partition coefficient (Wildman–Crippen LogP) is 2.74. The smallest absolute Gasteiger partial charge is 0.326 e. The maximum Gasteiger partial charge on any atom is 0.326 e. The topological polar surface area (TPSA) is 77.8 Å². The summed E-state index contributed by atoms with van der Waals surface area (Å²) in [4.78, 5) is 23.5. The minimum Gasteiger partial charge on any atom is -0.481 e. The molecule has 0 spiro atoms. The lowest BCUT2D eigenvalue weighted by molar-refractivity contribution is -0.139. The molecule has 0 aliphatic rings. The maximum atomic E-state index is 11.2. The molecular formula is C16H23NO4. The Morgan fingerprint density at radius 1 is 1.14 bits per heavy atom. The van der Waals surface area contributed by atoms with Crippen molar-refractivity contribution in [2.24, 2.45) is 0 Å². The van der Waals surface area contributed by atoms with Gasteiger partial charge in [0.1, 0.15) is 6.04 Å². The first-order chi connectivity index (χ1) is 9.62. The van der Waals surface area contributed by atoms with Crippen molar-refractivity contribution < 1.29 is 19.8 Å². The van der Waals surface area contributed by atoms with Crippen molar-refractivity contribution in [1.82, 2.24) is 0 Å². The fraction of sp³-hybridized carbons (Fsp3) is 0.500. The molecule has 0 amide bonds. The lowest BCUT2D eigenvalue weighted by Gasteiger charge is -2.29. The second-order valence-corrected chi connectivity index (χ2v) is 6.15. The molecule has 1 aromatic carbocycles. The van der Waals surface area contributed by atoms with Crippen molar-refractivity contribution in [2.75, 3.05) is 11.4 Å². The highest BCUT2D eigenvalue weighted by Crippen LogP contribution is 2.26. The van der Waals surface area contributed by atoms with E-state index in [1.54, 1.807) is 11.8 Å². The maximum absolute atomic E-state index is 11.2. The number of nitrogens with zero attached hydrogens (tertiary/aromatic N) is 1. The Bertz CT molecular complexity index is 502. The zero-order valence-corrected chi connectivity index (χ0v) is 13.0. The SMILES string of the molecule is CC(C(=O)O)N(CCC(=O)O)c1ccc(C(C)(C)C)cc1. The van der Waals surface area contributed by atoms with Gasteiger partial charge in [-0.3, -0.25) is 4.79 Å². The van der Waals surface area contributed by atoms with Crippen LogP contribution in [0.15, 0.2) is 24.3 Å². The van der Waals surface area contributed by atoms with Gasteiger partial charge in [0.2, 0.25) is 0 Å². The molecule has 5 heteroatoms. The summed E-state index contributed by atoms with van der Waals surface area (Å²) < 4.78 is 0. The first-order valence-corrected chi connectivity index (χ1v) is 6.94. The van der Waals surface area contributed by atoms with Crippen LogP contribution in [-0.2, 0) is 15.0 Å². The van der Waals surface area contributed by atoms with Crippen LogP contribution in [0.2, 0.25) is 0 Å². The Morgan fingerprint density at radius 2 is 1.67 bits per heavy atom. The molecule has 116 valence electrons. The van der Waals surface area contributed by atoms with Crippen molar-refractivity contribution in [1.29, 1.82) is 0 Å². The van der Waals surface area contributed by atoms with Crippen molar-refractivity contribution in [3.63, 3.8) is 0 Å². The fourth-order valence-electron chi connectivity index (χ4n) is 2.05. The predicted molar refractivity (Wildman–Crippen MR) is 81.8 cm³/mol. The molecule has 0 fully saturated rings. The minimum absolute atomic E-state index is 0.0167. The van der Waals surface area contributed by atoms with Gasteiger partial charge in [-0.15, -0.1) is 0 Å². The average molecular weight is 293 g/mol. The summed E-state index contributed by atoms with van der Waals surface area (Å²) in [5, 5.41) is 18.0. The summed E-state index contributed by atoms with van der Waals surface area (Å²) in [5.74, 6) is -1.91. The molecule has 2 N–H and O–H groups in total. The Kier molecular flexibility index (Phi) is 5.35. The van der Waals surface area contributed by atoms with Gasteiger partial charge in [0.15, 0.2) is 0 Å². The van der Waals surface area contributed by atoms with E-state index in [-0.39, 0.29) is 18.4 Å². The number of carboxylic acid groups (broad SMARTS) is 2. The molecule has 0 bridgehead atoms. The molecule has 0 heterocycles. The van der Waals surface area contributed by atoms with E-state index in [2.05, 4.69) is 20.8 Å². The molecular weight excluding hydrogens is 270 g/mol. The highest BCUT2D eigenvalue weighted by atomic mass is 16.4.